The molecule has 0 unspecified atom stereocenters. The van der Waals surface area contributed by atoms with Crippen LogP contribution in [0.15, 0.2) is 39.2 Å². The van der Waals surface area contributed by atoms with Gasteiger partial charge in [0.05, 0.1) is 0 Å². The number of fused-ring (bicyclic) bond motifs is 2. The van der Waals surface area contributed by atoms with Gasteiger partial charge in [-0.2, -0.15) is 9.97 Å². The van der Waals surface area contributed by atoms with E-state index in [0.717, 1.165) is 11.0 Å². The zero-order valence-electron chi connectivity index (χ0n) is 14.4. The van der Waals surface area contributed by atoms with Crippen molar-refractivity contribution in [3.8, 4) is 11.5 Å². The summed E-state index contributed by atoms with van der Waals surface area (Å²) in [6.07, 6.45) is 0. The summed E-state index contributed by atoms with van der Waals surface area (Å²) in [5.41, 5.74) is 1.41. The second-order valence-corrected chi connectivity index (χ2v) is 6.20. The Balaban J connectivity index is 1.97. The lowest BCUT2D eigenvalue weighted by Gasteiger charge is -2.23. The molecule has 1 aromatic carbocycles. The van der Waals surface area contributed by atoms with E-state index in [1.54, 1.807) is 0 Å². The van der Waals surface area contributed by atoms with Crippen molar-refractivity contribution in [2.24, 2.45) is 0 Å². The van der Waals surface area contributed by atoms with Gasteiger partial charge in [0.2, 0.25) is 5.65 Å². The molecule has 0 radical (unpaired) electrons. The first kappa shape index (κ1) is 16.1. The summed E-state index contributed by atoms with van der Waals surface area (Å²) in [5, 5.41) is 10.0. The molecular weight excluding hydrogens is 336 g/mol. The summed E-state index contributed by atoms with van der Waals surface area (Å²) >= 11 is 0. The van der Waals surface area contributed by atoms with Gasteiger partial charge in [0, 0.05) is 18.5 Å². The SMILES string of the molecule is CC(C)N(C)c1nc2oc(C(=O)O)nc2nc1-c1cc2ccccc2o1. The molecule has 3 aromatic heterocycles. The quantitative estimate of drug-likeness (QED) is 0.594. The average Bonchev–Trinajstić information content (AvgIpc) is 3.23. The van der Waals surface area contributed by atoms with Crippen LogP contribution in [0, 0.1) is 0 Å². The van der Waals surface area contributed by atoms with Gasteiger partial charge in [-0.3, -0.25) is 0 Å². The number of hydrogen-bond donors (Lipinski definition) is 1. The molecule has 0 amide bonds. The number of benzene rings is 1. The molecule has 3 heterocycles. The van der Waals surface area contributed by atoms with Gasteiger partial charge in [0.25, 0.3) is 5.71 Å². The van der Waals surface area contributed by atoms with E-state index in [2.05, 4.69) is 15.0 Å². The van der Waals surface area contributed by atoms with E-state index in [1.165, 1.54) is 0 Å². The van der Waals surface area contributed by atoms with E-state index in [0.29, 0.717) is 17.3 Å². The number of carboxylic acids is 1. The van der Waals surface area contributed by atoms with Crippen molar-refractivity contribution < 1.29 is 18.7 Å². The molecule has 0 aliphatic rings. The van der Waals surface area contributed by atoms with Gasteiger partial charge < -0.3 is 18.8 Å². The van der Waals surface area contributed by atoms with Crippen molar-refractivity contribution >= 4 is 34.1 Å². The average molecular weight is 352 g/mol. The number of nitrogens with zero attached hydrogens (tertiary/aromatic N) is 4. The van der Waals surface area contributed by atoms with Crippen molar-refractivity contribution in [1.82, 2.24) is 15.0 Å². The molecule has 4 rings (SSSR count). The summed E-state index contributed by atoms with van der Waals surface area (Å²) in [6.45, 7) is 4.02. The maximum atomic E-state index is 11.1. The fraction of sp³-hybridized carbons (Fsp3) is 0.222. The lowest BCUT2D eigenvalue weighted by Crippen LogP contribution is -2.27. The van der Waals surface area contributed by atoms with Crippen LogP contribution in [0.3, 0.4) is 0 Å². The van der Waals surface area contributed by atoms with Crippen LogP contribution in [-0.2, 0) is 0 Å². The number of oxazole rings is 1. The number of furan rings is 1. The Bertz CT molecular complexity index is 1100. The first-order valence-corrected chi connectivity index (χ1v) is 8.07. The highest BCUT2D eigenvalue weighted by Crippen LogP contribution is 2.33. The number of para-hydroxylation sites is 1. The van der Waals surface area contributed by atoms with Crippen LogP contribution in [0.1, 0.15) is 24.5 Å². The highest BCUT2D eigenvalue weighted by Gasteiger charge is 2.23. The smallest absolute Gasteiger partial charge is 0.392 e. The van der Waals surface area contributed by atoms with E-state index in [9.17, 15) is 4.79 Å². The summed E-state index contributed by atoms with van der Waals surface area (Å²) in [5.74, 6) is -0.656. The Labute approximate surface area is 148 Å². The van der Waals surface area contributed by atoms with Crippen molar-refractivity contribution in [2.75, 3.05) is 11.9 Å². The molecule has 0 aliphatic heterocycles. The van der Waals surface area contributed by atoms with E-state index < -0.39 is 11.9 Å². The molecule has 0 atom stereocenters. The monoisotopic (exact) mass is 352 g/mol. The third kappa shape index (κ3) is 2.55. The zero-order valence-corrected chi connectivity index (χ0v) is 14.4. The van der Waals surface area contributed by atoms with Gasteiger partial charge in [-0.1, -0.05) is 18.2 Å². The van der Waals surface area contributed by atoms with Crippen LogP contribution in [0.4, 0.5) is 5.82 Å². The number of aromatic carboxylic acids is 1. The van der Waals surface area contributed by atoms with Crippen molar-refractivity contribution in [1.29, 1.82) is 0 Å². The topological polar surface area (TPSA) is 105 Å². The standard InChI is InChI=1S/C18H16N4O4/c1-9(2)22(3)15-13(12-8-10-6-4-5-7-11(10)25-12)19-14-16(21-15)26-17(20-14)18(23)24/h4-9H,1-3H3,(H,23,24). The molecule has 0 saturated carbocycles. The Kier molecular flexibility index (Phi) is 3.61. The Hall–Kier alpha value is -3.42. The molecular formula is C18H16N4O4. The zero-order chi connectivity index (χ0) is 18.4. The highest BCUT2D eigenvalue weighted by molar-refractivity contribution is 5.88. The summed E-state index contributed by atoms with van der Waals surface area (Å²) < 4.78 is 11.1. The molecule has 0 spiro atoms. The maximum Gasteiger partial charge on any atom is 0.392 e. The molecule has 132 valence electrons. The van der Waals surface area contributed by atoms with Crippen LogP contribution < -0.4 is 4.90 Å². The van der Waals surface area contributed by atoms with Crippen LogP contribution in [0.25, 0.3) is 33.8 Å². The summed E-state index contributed by atoms with van der Waals surface area (Å²) in [4.78, 5) is 25.9. The minimum Gasteiger partial charge on any atom is -0.474 e. The molecule has 0 aliphatic carbocycles. The number of carboxylic acid groups (broad SMARTS) is 1. The van der Waals surface area contributed by atoms with Crippen LogP contribution >= 0.6 is 0 Å². The molecule has 0 fully saturated rings. The molecule has 8 nitrogen and oxygen atoms in total. The van der Waals surface area contributed by atoms with E-state index in [1.807, 2.05) is 56.1 Å². The second kappa shape index (κ2) is 5.83. The van der Waals surface area contributed by atoms with E-state index in [4.69, 9.17) is 13.9 Å². The van der Waals surface area contributed by atoms with Crippen molar-refractivity contribution in [2.45, 2.75) is 19.9 Å². The predicted molar refractivity (Wildman–Crippen MR) is 95.3 cm³/mol. The summed E-state index contributed by atoms with van der Waals surface area (Å²) in [6, 6.07) is 9.64. The minimum atomic E-state index is -1.27. The Morgan fingerprint density at radius 1 is 1.15 bits per heavy atom. The van der Waals surface area contributed by atoms with Gasteiger partial charge in [0.1, 0.15) is 5.58 Å². The molecule has 0 saturated heterocycles. The Morgan fingerprint density at radius 3 is 2.62 bits per heavy atom. The van der Waals surface area contributed by atoms with Gasteiger partial charge >= 0.3 is 11.9 Å². The van der Waals surface area contributed by atoms with Crippen molar-refractivity contribution in [3.63, 3.8) is 0 Å². The maximum absolute atomic E-state index is 11.1. The van der Waals surface area contributed by atoms with Gasteiger partial charge in [-0.05, 0) is 26.0 Å². The molecule has 1 N–H and O–H groups in total. The predicted octanol–water partition coefficient (Wildman–Crippen LogP) is 3.57. The highest BCUT2D eigenvalue weighted by atomic mass is 16.4. The van der Waals surface area contributed by atoms with Crippen LogP contribution in [-0.4, -0.2) is 39.1 Å². The molecule has 26 heavy (non-hydrogen) atoms. The largest absolute Gasteiger partial charge is 0.474 e. The normalized spacial score (nSPS) is 11.5. The van der Waals surface area contributed by atoms with Gasteiger partial charge in [-0.25, -0.2) is 9.78 Å². The van der Waals surface area contributed by atoms with E-state index in [-0.39, 0.29) is 17.4 Å². The van der Waals surface area contributed by atoms with E-state index >= 15 is 0 Å². The first-order valence-electron chi connectivity index (χ1n) is 8.07. The third-order valence-electron chi connectivity index (χ3n) is 4.18. The van der Waals surface area contributed by atoms with Gasteiger partial charge in [-0.15, -0.1) is 0 Å². The fourth-order valence-electron chi connectivity index (χ4n) is 2.60. The molecule has 4 aromatic rings. The number of anilines is 1. The molecule has 0 bridgehead atoms. The van der Waals surface area contributed by atoms with Gasteiger partial charge in [0.15, 0.2) is 17.3 Å². The second-order valence-electron chi connectivity index (χ2n) is 6.20. The lowest BCUT2D eigenvalue weighted by atomic mass is 10.2. The third-order valence-corrected chi connectivity index (χ3v) is 4.18. The number of aromatic nitrogens is 3. The first-order chi connectivity index (χ1) is 12.4. The number of hydrogen-bond acceptors (Lipinski definition) is 7. The van der Waals surface area contributed by atoms with Crippen LogP contribution in [0.2, 0.25) is 0 Å². The summed E-state index contributed by atoms with van der Waals surface area (Å²) in [7, 11) is 1.88. The Morgan fingerprint density at radius 2 is 1.92 bits per heavy atom. The lowest BCUT2D eigenvalue weighted by molar-refractivity contribution is 0.0656. The fourth-order valence-corrected chi connectivity index (χ4v) is 2.60. The van der Waals surface area contributed by atoms with Crippen molar-refractivity contribution in [3.05, 3.63) is 36.2 Å². The number of rotatable bonds is 4. The number of carbonyl (C=O) groups is 1. The molecule has 8 heteroatoms. The minimum absolute atomic E-state index is 0.0739. The van der Waals surface area contributed by atoms with Crippen LogP contribution in [0.5, 0.6) is 0 Å².